The number of aryl methyl sites for hydroxylation is 2. The quantitative estimate of drug-likeness (QED) is 0.378. The van der Waals surface area contributed by atoms with Crippen LogP contribution in [0.15, 0.2) is 66.7 Å². The molecule has 1 aliphatic rings. The maximum Gasteiger partial charge on any atom is 0.255 e. The first-order valence-electron chi connectivity index (χ1n) is 11.6. The van der Waals surface area contributed by atoms with Crippen molar-refractivity contribution in [1.29, 1.82) is 0 Å². The maximum atomic E-state index is 12.8. The standard InChI is InChI=1S/C28H30N2O3S/c1-4-5-15-33-24-12-10-21(11-13-24)27(32)29-23-8-6-7-22(17-23)28-30(26(31)18-34-28)25-14-9-19(2)16-20(25)3/h6-14,16-17,28H,4-5,15,18H2,1-3H3,(H,29,32). The van der Waals surface area contributed by atoms with E-state index in [1.165, 1.54) is 5.56 Å². The first-order chi connectivity index (χ1) is 16.5. The fraction of sp³-hybridized carbons (Fsp3) is 0.286. The lowest BCUT2D eigenvalue weighted by Crippen LogP contribution is -2.28. The molecule has 1 heterocycles. The summed E-state index contributed by atoms with van der Waals surface area (Å²) in [5, 5.41) is 2.85. The van der Waals surface area contributed by atoms with Crippen molar-refractivity contribution < 1.29 is 14.3 Å². The zero-order valence-electron chi connectivity index (χ0n) is 19.8. The van der Waals surface area contributed by atoms with E-state index in [2.05, 4.69) is 18.3 Å². The predicted octanol–water partition coefficient (Wildman–Crippen LogP) is 6.51. The highest BCUT2D eigenvalue weighted by Crippen LogP contribution is 2.43. The fourth-order valence-corrected chi connectivity index (χ4v) is 5.18. The van der Waals surface area contributed by atoms with E-state index in [0.29, 0.717) is 23.6 Å². The van der Waals surface area contributed by atoms with Crippen molar-refractivity contribution in [2.45, 2.75) is 39.0 Å². The lowest BCUT2D eigenvalue weighted by atomic mass is 10.1. The number of anilines is 2. The third-order valence-corrected chi connectivity index (χ3v) is 7.00. The number of rotatable bonds is 8. The highest BCUT2D eigenvalue weighted by atomic mass is 32.2. The summed E-state index contributed by atoms with van der Waals surface area (Å²) in [5.74, 6) is 1.11. The van der Waals surface area contributed by atoms with Gasteiger partial charge in [0, 0.05) is 16.9 Å². The van der Waals surface area contributed by atoms with Gasteiger partial charge in [0.15, 0.2) is 0 Å². The Balaban J connectivity index is 1.49. The Morgan fingerprint density at radius 2 is 1.88 bits per heavy atom. The summed E-state index contributed by atoms with van der Waals surface area (Å²) in [6.07, 6.45) is 2.08. The highest BCUT2D eigenvalue weighted by molar-refractivity contribution is 8.00. The van der Waals surface area contributed by atoms with Crippen molar-refractivity contribution in [3.63, 3.8) is 0 Å². The molecule has 2 amide bonds. The minimum Gasteiger partial charge on any atom is -0.494 e. The second-order valence-electron chi connectivity index (χ2n) is 8.52. The van der Waals surface area contributed by atoms with E-state index in [0.717, 1.165) is 35.4 Å². The van der Waals surface area contributed by atoms with Gasteiger partial charge in [0.1, 0.15) is 11.1 Å². The molecule has 5 nitrogen and oxygen atoms in total. The number of carbonyl (C=O) groups excluding carboxylic acids is 2. The molecule has 1 saturated heterocycles. The first-order valence-corrected chi connectivity index (χ1v) is 12.7. The number of amides is 2. The largest absolute Gasteiger partial charge is 0.494 e. The first kappa shape index (κ1) is 23.9. The predicted molar refractivity (Wildman–Crippen MR) is 140 cm³/mol. The van der Waals surface area contributed by atoms with Crippen molar-refractivity contribution in [1.82, 2.24) is 0 Å². The highest BCUT2D eigenvalue weighted by Gasteiger charge is 2.34. The minimum absolute atomic E-state index is 0.0950. The van der Waals surface area contributed by atoms with Crippen LogP contribution in [0.4, 0.5) is 11.4 Å². The Kier molecular flexibility index (Phi) is 7.58. The summed E-state index contributed by atoms with van der Waals surface area (Å²) < 4.78 is 5.68. The van der Waals surface area contributed by atoms with Crippen molar-refractivity contribution in [3.05, 3.63) is 89.0 Å². The third-order valence-electron chi connectivity index (χ3n) is 5.79. The molecule has 0 bridgehead atoms. The van der Waals surface area contributed by atoms with Crippen LogP contribution in [0.2, 0.25) is 0 Å². The molecule has 0 spiro atoms. The van der Waals surface area contributed by atoms with Gasteiger partial charge < -0.3 is 10.1 Å². The molecule has 1 N–H and O–H groups in total. The molecule has 0 aliphatic carbocycles. The number of ether oxygens (including phenoxy) is 1. The average Bonchev–Trinajstić information content (AvgIpc) is 3.21. The van der Waals surface area contributed by atoms with Crippen LogP contribution in [0, 0.1) is 13.8 Å². The van der Waals surface area contributed by atoms with Gasteiger partial charge in [-0.1, -0.05) is 43.2 Å². The molecule has 1 aliphatic heterocycles. The lowest BCUT2D eigenvalue weighted by molar-refractivity contribution is -0.115. The lowest BCUT2D eigenvalue weighted by Gasteiger charge is -2.26. The average molecular weight is 475 g/mol. The molecular weight excluding hydrogens is 444 g/mol. The van der Waals surface area contributed by atoms with Crippen LogP contribution in [0.1, 0.15) is 52.2 Å². The zero-order chi connectivity index (χ0) is 24.1. The number of unbranched alkanes of at least 4 members (excludes halogenated alkanes) is 1. The summed E-state index contributed by atoms with van der Waals surface area (Å²) >= 11 is 1.60. The molecule has 0 aromatic heterocycles. The van der Waals surface area contributed by atoms with E-state index < -0.39 is 0 Å². The third kappa shape index (κ3) is 5.45. The van der Waals surface area contributed by atoms with Gasteiger partial charge in [0.25, 0.3) is 5.91 Å². The summed E-state index contributed by atoms with van der Waals surface area (Å²) in [4.78, 5) is 27.5. The molecule has 0 radical (unpaired) electrons. The molecule has 176 valence electrons. The van der Waals surface area contributed by atoms with Crippen molar-refractivity contribution in [3.8, 4) is 5.75 Å². The minimum atomic E-state index is -0.182. The number of nitrogens with one attached hydrogen (secondary N) is 1. The number of carbonyl (C=O) groups is 2. The second-order valence-corrected chi connectivity index (χ2v) is 9.59. The van der Waals surface area contributed by atoms with Gasteiger partial charge in [-0.15, -0.1) is 11.8 Å². The number of nitrogens with zero attached hydrogens (tertiary/aromatic N) is 1. The van der Waals surface area contributed by atoms with E-state index in [9.17, 15) is 9.59 Å². The second kappa shape index (κ2) is 10.8. The van der Waals surface area contributed by atoms with Crippen LogP contribution >= 0.6 is 11.8 Å². The topological polar surface area (TPSA) is 58.6 Å². The molecule has 1 unspecified atom stereocenters. The zero-order valence-corrected chi connectivity index (χ0v) is 20.7. The Morgan fingerprint density at radius 1 is 1.09 bits per heavy atom. The molecule has 1 atom stereocenters. The van der Waals surface area contributed by atoms with Crippen LogP contribution in [0.5, 0.6) is 5.75 Å². The number of hydrogen-bond acceptors (Lipinski definition) is 4. The summed E-state index contributed by atoms with van der Waals surface area (Å²) in [7, 11) is 0. The van der Waals surface area contributed by atoms with Crippen LogP contribution < -0.4 is 15.0 Å². The van der Waals surface area contributed by atoms with Crippen LogP contribution in [-0.4, -0.2) is 24.2 Å². The summed E-state index contributed by atoms with van der Waals surface area (Å²) in [6.45, 7) is 6.88. The normalized spacial score (nSPS) is 15.4. The monoisotopic (exact) mass is 474 g/mol. The van der Waals surface area contributed by atoms with Gasteiger partial charge in [0.2, 0.25) is 5.91 Å². The SMILES string of the molecule is CCCCOc1ccc(C(=O)Nc2cccc(C3SCC(=O)N3c3ccc(C)cc3C)c2)cc1. The van der Waals surface area contributed by atoms with Crippen molar-refractivity contribution >= 4 is 35.0 Å². The number of thioether (sulfide) groups is 1. The van der Waals surface area contributed by atoms with Gasteiger partial charge >= 0.3 is 0 Å². The smallest absolute Gasteiger partial charge is 0.255 e. The Bertz CT molecular complexity index is 1180. The molecule has 3 aromatic rings. The Hall–Kier alpha value is -3.25. The Labute approximate surface area is 205 Å². The number of hydrogen-bond donors (Lipinski definition) is 1. The van der Waals surface area contributed by atoms with E-state index in [1.807, 2.05) is 67.3 Å². The van der Waals surface area contributed by atoms with Crippen molar-refractivity contribution in [2.24, 2.45) is 0 Å². The number of benzene rings is 3. The molecular formula is C28H30N2O3S. The van der Waals surface area contributed by atoms with Crippen molar-refractivity contribution in [2.75, 3.05) is 22.6 Å². The van der Waals surface area contributed by atoms with Gasteiger partial charge in [-0.3, -0.25) is 14.5 Å². The van der Waals surface area contributed by atoms with E-state index in [1.54, 1.807) is 23.9 Å². The van der Waals surface area contributed by atoms with Crippen LogP contribution in [0.25, 0.3) is 0 Å². The molecule has 6 heteroatoms. The molecule has 4 rings (SSSR count). The van der Waals surface area contributed by atoms with Gasteiger partial charge in [-0.05, 0) is 73.9 Å². The van der Waals surface area contributed by atoms with E-state index in [4.69, 9.17) is 4.74 Å². The van der Waals surface area contributed by atoms with Gasteiger partial charge in [-0.25, -0.2) is 0 Å². The van der Waals surface area contributed by atoms with Gasteiger partial charge in [-0.2, -0.15) is 0 Å². The van der Waals surface area contributed by atoms with E-state index >= 15 is 0 Å². The Morgan fingerprint density at radius 3 is 2.62 bits per heavy atom. The molecule has 3 aromatic carbocycles. The molecule has 1 fully saturated rings. The van der Waals surface area contributed by atoms with Crippen LogP contribution in [-0.2, 0) is 4.79 Å². The fourth-order valence-electron chi connectivity index (χ4n) is 4.02. The summed E-state index contributed by atoms with van der Waals surface area (Å²) in [6, 6.07) is 21.1. The molecule has 0 saturated carbocycles. The molecule has 34 heavy (non-hydrogen) atoms. The van der Waals surface area contributed by atoms with E-state index in [-0.39, 0.29) is 17.2 Å². The van der Waals surface area contributed by atoms with Gasteiger partial charge in [0.05, 0.1) is 12.4 Å². The summed E-state index contributed by atoms with van der Waals surface area (Å²) in [5.41, 5.74) is 5.42. The van der Waals surface area contributed by atoms with Crippen LogP contribution in [0.3, 0.4) is 0 Å². The maximum absolute atomic E-state index is 12.8.